The standard InChI is InChI=1S/C35H50N4O6S/c1-24(2)21-39(46(43,44)27-13-14-29-26(19-27)15-18-45-29)22-30(40)35(20-28(35)25-11-7-6-8-12-25)37-33(42)32(34(3,4)5)36-31(41)23-38-16-9-10-17-38/h6-8,11-14,19,24,28,30,32,40H,9-10,15-18,20-23H2,1-5H3,(H,36,41)(H,37,42)/t28?,30-,32-,35?/m1/s1. The van der Waals surface area contributed by atoms with Crippen LogP contribution in [0, 0.1) is 11.3 Å². The zero-order valence-electron chi connectivity index (χ0n) is 27.8. The number of aliphatic hydroxyl groups excluding tert-OH is 1. The van der Waals surface area contributed by atoms with Gasteiger partial charge in [-0.15, -0.1) is 0 Å². The van der Waals surface area contributed by atoms with E-state index in [2.05, 4.69) is 15.5 Å². The first kappa shape index (κ1) is 34.3. The smallest absolute Gasteiger partial charge is 0.243 e. The second kappa shape index (κ2) is 13.6. The molecule has 2 aromatic carbocycles. The number of aliphatic hydroxyl groups is 1. The molecule has 5 rings (SSSR count). The van der Waals surface area contributed by atoms with Gasteiger partial charge in [-0.25, -0.2) is 8.42 Å². The fraction of sp³-hybridized carbons (Fsp3) is 0.600. The van der Waals surface area contributed by atoms with Crippen LogP contribution in [0.4, 0.5) is 0 Å². The Hall–Kier alpha value is -2.99. The quantitative estimate of drug-likeness (QED) is 0.303. The van der Waals surface area contributed by atoms with Gasteiger partial charge in [0.2, 0.25) is 21.8 Å². The lowest BCUT2D eigenvalue weighted by molar-refractivity contribution is -0.133. The minimum absolute atomic E-state index is 0.00881. The van der Waals surface area contributed by atoms with Crippen LogP contribution in [0.2, 0.25) is 0 Å². The molecule has 2 unspecified atom stereocenters. The number of ether oxygens (including phenoxy) is 1. The normalized spacial score (nSPS) is 22.7. The average molecular weight is 655 g/mol. The SMILES string of the molecule is CC(C)CN(C[C@@H](O)C1(NC(=O)[C@@H](NC(=O)CN2CCCC2)C(C)(C)C)CC1c1ccccc1)S(=O)(=O)c1ccc2c(c1)CCO2. The van der Waals surface area contributed by atoms with Crippen molar-refractivity contribution >= 4 is 21.8 Å². The summed E-state index contributed by atoms with van der Waals surface area (Å²) in [7, 11) is -3.98. The Bertz CT molecular complexity index is 1500. The van der Waals surface area contributed by atoms with Gasteiger partial charge in [0.25, 0.3) is 0 Å². The second-order valence-electron chi connectivity index (χ2n) is 14.6. The monoisotopic (exact) mass is 654 g/mol. The zero-order valence-corrected chi connectivity index (χ0v) is 28.6. The number of likely N-dealkylation sites (tertiary alicyclic amines) is 1. The van der Waals surface area contributed by atoms with Crippen LogP contribution >= 0.6 is 0 Å². The number of sulfonamides is 1. The fourth-order valence-electron chi connectivity index (χ4n) is 6.80. The maximum atomic E-state index is 14.1. The Morgan fingerprint density at radius 2 is 1.78 bits per heavy atom. The van der Waals surface area contributed by atoms with Crippen molar-refractivity contribution in [3.05, 3.63) is 59.7 Å². The third kappa shape index (κ3) is 7.59. The fourth-order valence-corrected chi connectivity index (χ4v) is 8.46. The van der Waals surface area contributed by atoms with Gasteiger partial charge in [-0.2, -0.15) is 4.31 Å². The van der Waals surface area contributed by atoms with Crippen LogP contribution in [-0.2, 0) is 26.0 Å². The molecule has 0 spiro atoms. The van der Waals surface area contributed by atoms with E-state index >= 15 is 0 Å². The Morgan fingerprint density at radius 3 is 2.43 bits per heavy atom. The minimum atomic E-state index is -3.98. The summed E-state index contributed by atoms with van der Waals surface area (Å²) in [5.74, 6) is -0.145. The summed E-state index contributed by atoms with van der Waals surface area (Å²) in [5, 5.41) is 18.1. The number of nitrogens with zero attached hydrogens (tertiary/aromatic N) is 2. The van der Waals surface area contributed by atoms with E-state index in [1.807, 2.05) is 65.0 Å². The van der Waals surface area contributed by atoms with Gasteiger partial charge in [0.15, 0.2) is 0 Å². The summed E-state index contributed by atoms with van der Waals surface area (Å²) in [6.45, 7) is 12.1. The summed E-state index contributed by atoms with van der Waals surface area (Å²) in [4.78, 5) is 29.4. The van der Waals surface area contributed by atoms with Crippen molar-refractivity contribution < 1.29 is 27.9 Å². The molecule has 2 aromatic rings. The maximum Gasteiger partial charge on any atom is 0.243 e. The summed E-state index contributed by atoms with van der Waals surface area (Å²) >= 11 is 0. The van der Waals surface area contributed by atoms with Crippen molar-refractivity contribution in [3.63, 3.8) is 0 Å². The Kier molecular flexibility index (Phi) is 10.2. The highest BCUT2D eigenvalue weighted by Gasteiger charge is 2.61. The van der Waals surface area contributed by atoms with Gasteiger partial charge in [0, 0.05) is 25.4 Å². The maximum absolute atomic E-state index is 14.1. The number of amides is 2. The summed E-state index contributed by atoms with van der Waals surface area (Å²) in [6, 6.07) is 13.7. The molecule has 1 saturated carbocycles. The van der Waals surface area contributed by atoms with E-state index in [0.29, 0.717) is 25.2 Å². The Balaban J connectivity index is 1.41. The number of hydrogen-bond acceptors (Lipinski definition) is 7. The van der Waals surface area contributed by atoms with E-state index in [0.717, 1.165) is 37.1 Å². The molecule has 2 heterocycles. The number of benzene rings is 2. The van der Waals surface area contributed by atoms with Crippen molar-refractivity contribution in [2.24, 2.45) is 11.3 Å². The van der Waals surface area contributed by atoms with Gasteiger partial charge >= 0.3 is 0 Å². The highest BCUT2D eigenvalue weighted by molar-refractivity contribution is 7.89. The first-order valence-corrected chi connectivity index (χ1v) is 18.0. The zero-order chi connectivity index (χ0) is 33.3. The number of nitrogens with one attached hydrogen (secondary N) is 2. The molecule has 3 N–H and O–H groups in total. The molecule has 2 fully saturated rings. The first-order valence-electron chi connectivity index (χ1n) is 16.5. The van der Waals surface area contributed by atoms with Crippen LogP contribution in [0.15, 0.2) is 53.4 Å². The van der Waals surface area contributed by atoms with Crippen molar-refractivity contribution in [3.8, 4) is 5.75 Å². The molecule has 10 nitrogen and oxygen atoms in total. The van der Waals surface area contributed by atoms with Gasteiger partial charge < -0.3 is 20.5 Å². The number of carbonyl (C=O) groups excluding carboxylic acids is 2. The van der Waals surface area contributed by atoms with Crippen molar-refractivity contribution in [2.45, 2.75) is 88.8 Å². The van der Waals surface area contributed by atoms with E-state index < -0.39 is 39.0 Å². The molecule has 2 amide bonds. The van der Waals surface area contributed by atoms with Crippen LogP contribution in [-0.4, -0.2) is 91.6 Å². The molecule has 1 aliphatic carbocycles. The summed E-state index contributed by atoms with van der Waals surface area (Å²) < 4.78 is 35.0. The lowest BCUT2D eigenvalue weighted by Gasteiger charge is -2.35. The highest BCUT2D eigenvalue weighted by Crippen LogP contribution is 2.54. The molecule has 0 aromatic heterocycles. The number of fused-ring (bicyclic) bond motifs is 1. The number of carbonyl (C=O) groups is 2. The first-order chi connectivity index (χ1) is 21.7. The second-order valence-corrected chi connectivity index (χ2v) is 16.6. The minimum Gasteiger partial charge on any atom is -0.493 e. The molecule has 0 bridgehead atoms. The average Bonchev–Trinajstić information content (AvgIpc) is 3.29. The van der Waals surface area contributed by atoms with Crippen molar-refractivity contribution in [1.82, 2.24) is 19.8 Å². The van der Waals surface area contributed by atoms with Crippen molar-refractivity contribution in [2.75, 3.05) is 39.3 Å². The molecular formula is C35H50N4O6S. The molecule has 252 valence electrons. The molecule has 46 heavy (non-hydrogen) atoms. The molecule has 3 aliphatic rings. The van der Waals surface area contributed by atoms with Crippen LogP contribution in [0.5, 0.6) is 5.75 Å². The van der Waals surface area contributed by atoms with E-state index in [9.17, 15) is 23.1 Å². The predicted octanol–water partition coefficient (Wildman–Crippen LogP) is 3.30. The van der Waals surface area contributed by atoms with Gasteiger partial charge in [0.05, 0.1) is 29.7 Å². The largest absolute Gasteiger partial charge is 0.493 e. The van der Waals surface area contributed by atoms with Crippen molar-refractivity contribution in [1.29, 1.82) is 0 Å². The molecule has 1 saturated heterocycles. The lowest BCUT2D eigenvalue weighted by Crippen LogP contribution is -2.60. The van der Waals surface area contributed by atoms with Gasteiger partial charge in [-0.1, -0.05) is 65.0 Å². The molecule has 0 radical (unpaired) electrons. The molecular weight excluding hydrogens is 604 g/mol. The van der Waals surface area contributed by atoms with E-state index in [-0.39, 0.29) is 42.3 Å². The summed E-state index contributed by atoms with van der Waals surface area (Å²) in [5.41, 5.74) is 0.0709. The van der Waals surface area contributed by atoms with E-state index in [1.54, 1.807) is 18.2 Å². The van der Waals surface area contributed by atoms with E-state index in [4.69, 9.17) is 4.74 Å². The highest BCUT2D eigenvalue weighted by atomic mass is 32.2. The Morgan fingerprint density at radius 1 is 1.09 bits per heavy atom. The number of rotatable bonds is 13. The van der Waals surface area contributed by atoms with Crippen LogP contribution in [0.25, 0.3) is 0 Å². The third-order valence-electron chi connectivity index (χ3n) is 9.40. The number of hydrogen-bond donors (Lipinski definition) is 3. The summed E-state index contributed by atoms with van der Waals surface area (Å²) in [6.07, 6.45) is 1.98. The molecule has 2 aliphatic heterocycles. The van der Waals surface area contributed by atoms with Gasteiger partial charge in [-0.05, 0) is 73.0 Å². The lowest BCUT2D eigenvalue weighted by atomic mass is 9.85. The third-order valence-corrected chi connectivity index (χ3v) is 11.2. The van der Waals surface area contributed by atoms with Crippen LogP contribution < -0.4 is 15.4 Å². The van der Waals surface area contributed by atoms with E-state index in [1.165, 1.54) is 4.31 Å². The molecule has 4 atom stereocenters. The van der Waals surface area contributed by atoms with Crippen LogP contribution in [0.3, 0.4) is 0 Å². The Labute approximate surface area is 273 Å². The topological polar surface area (TPSA) is 128 Å². The van der Waals surface area contributed by atoms with Gasteiger partial charge in [-0.3, -0.25) is 14.5 Å². The predicted molar refractivity (Wildman–Crippen MR) is 177 cm³/mol. The molecule has 11 heteroatoms. The van der Waals surface area contributed by atoms with Crippen LogP contribution in [0.1, 0.15) is 70.9 Å². The van der Waals surface area contributed by atoms with Gasteiger partial charge in [0.1, 0.15) is 11.8 Å².